The van der Waals surface area contributed by atoms with Crippen LogP contribution in [0.4, 0.5) is 13.2 Å². The number of hydrogen-bond acceptors (Lipinski definition) is 3. The summed E-state index contributed by atoms with van der Waals surface area (Å²) in [6.45, 7) is 0.269. The monoisotopic (exact) mass is 319 g/mol. The van der Waals surface area contributed by atoms with E-state index in [0.29, 0.717) is 0 Å². The van der Waals surface area contributed by atoms with E-state index in [4.69, 9.17) is 0 Å². The van der Waals surface area contributed by atoms with Gasteiger partial charge in [-0.15, -0.1) is 11.3 Å². The normalized spacial score (nSPS) is 11.6. The second-order valence-corrected chi connectivity index (χ2v) is 5.98. The molecular weight excluding hydrogens is 307 g/mol. The van der Waals surface area contributed by atoms with Crippen LogP contribution in [-0.2, 0) is 11.3 Å². The van der Waals surface area contributed by atoms with Crippen molar-refractivity contribution in [1.82, 2.24) is 5.32 Å². The zero-order chi connectivity index (χ0) is 14.6. The number of amides is 1. The SMILES string of the molecule is O=C(CCC(F)(F)F)NCc1cc(-c2ccsc2)cs1. The molecule has 0 saturated heterocycles. The second-order valence-electron chi connectivity index (χ2n) is 4.21. The molecule has 0 aromatic carbocycles. The fourth-order valence-electron chi connectivity index (χ4n) is 1.58. The summed E-state index contributed by atoms with van der Waals surface area (Å²) in [7, 11) is 0. The Labute approximate surface area is 122 Å². The Morgan fingerprint density at radius 3 is 2.70 bits per heavy atom. The first-order chi connectivity index (χ1) is 9.44. The van der Waals surface area contributed by atoms with Crippen molar-refractivity contribution in [3.63, 3.8) is 0 Å². The molecule has 0 aliphatic carbocycles. The molecule has 2 heterocycles. The molecule has 1 amide bonds. The average Bonchev–Trinajstić information content (AvgIpc) is 3.03. The highest BCUT2D eigenvalue weighted by atomic mass is 32.1. The molecule has 0 unspecified atom stereocenters. The molecule has 0 aliphatic rings. The van der Waals surface area contributed by atoms with Crippen LogP contribution in [0.25, 0.3) is 11.1 Å². The largest absolute Gasteiger partial charge is 0.389 e. The van der Waals surface area contributed by atoms with E-state index in [9.17, 15) is 18.0 Å². The lowest BCUT2D eigenvalue weighted by Crippen LogP contribution is -2.24. The van der Waals surface area contributed by atoms with E-state index in [0.717, 1.165) is 16.0 Å². The lowest BCUT2D eigenvalue weighted by atomic mass is 10.2. The van der Waals surface area contributed by atoms with Crippen LogP contribution in [-0.4, -0.2) is 12.1 Å². The van der Waals surface area contributed by atoms with Crippen LogP contribution in [0.1, 0.15) is 17.7 Å². The summed E-state index contributed by atoms with van der Waals surface area (Å²) in [6.07, 6.45) is -5.89. The van der Waals surface area contributed by atoms with Crippen LogP contribution in [0, 0.1) is 0 Å². The molecule has 108 valence electrons. The van der Waals surface area contributed by atoms with Crippen molar-refractivity contribution in [3.05, 3.63) is 33.2 Å². The van der Waals surface area contributed by atoms with E-state index in [1.54, 1.807) is 11.3 Å². The zero-order valence-electron chi connectivity index (χ0n) is 10.4. The molecule has 0 aliphatic heterocycles. The van der Waals surface area contributed by atoms with Crippen molar-refractivity contribution >= 4 is 28.6 Å². The van der Waals surface area contributed by atoms with Gasteiger partial charge >= 0.3 is 6.18 Å². The number of nitrogens with one attached hydrogen (secondary N) is 1. The highest BCUT2D eigenvalue weighted by Crippen LogP contribution is 2.27. The van der Waals surface area contributed by atoms with Gasteiger partial charge in [-0.25, -0.2) is 0 Å². The Kier molecular flexibility index (Phi) is 4.82. The van der Waals surface area contributed by atoms with Gasteiger partial charge in [-0.3, -0.25) is 4.79 Å². The molecule has 2 aromatic rings. The molecule has 7 heteroatoms. The van der Waals surface area contributed by atoms with Crippen molar-refractivity contribution in [2.24, 2.45) is 0 Å². The van der Waals surface area contributed by atoms with Gasteiger partial charge in [-0.05, 0) is 39.4 Å². The van der Waals surface area contributed by atoms with E-state index in [-0.39, 0.29) is 6.54 Å². The summed E-state index contributed by atoms with van der Waals surface area (Å²) in [6, 6.07) is 3.94. The topological polar surface area (TPSA) is 29.1 Å². The molecule has 20 heavy (non-hydrogen) atoms. The first-order valence-electron chi connectivity index (χ1n) is 5.87. The number of hydrogen-bond donors (Lipinski definition) is 1. The van der Waals surface area contributed by atoms with Gasteiger partial charge in [0, 0.05) is 11.3 Å². The van der Waals surface area contributed by atoms with Crippen LogP contribution in [0.15, 0.2) is 28.3 Å². The summed E-state index contributed by atoms with van der Waals surface area (Å²) in [5.74, 6) is -0.576. The van der Waals surface area contributed by atoms with Crippen molar-refractivity contribution < 1.29 is 18.0 Å². The average molecular weight is 319 g/mol. The quantitative estimate of drug-likeness (QED) is 0.867. The predicted octanol–water partition coefficient (Wildman–Crippen LogP) is 4.44. The number of alkyl halides is 3. The summed E-state index contributed by atoms with van der Waals surface area (Å²) in [5.41, 5.74) is 2.18. The van der Waals surface area contributed by atoms with Crippen LogP contribution in [0.3, 0.4) is 0 Å². The predicted molar refractivity (Wildman–Crippen MR) is 74.8 cm³/mol. The van der Waals surface area contributed by atoms with Gasteiger partial charge in [-0.1, -0.05) is 0 Å². The fraction of sp³-hybridized carbons (Fsp3) is 0.308. The van der Waals surface area contributed by atoms with Crippen molar-refractivity contribution in [2.45, 2.75) is 25.6 Å². The molecule has 2 rings (SSSR count). The molecule has 2 aromatic heterocycles. The third-order valence-electron chi connectivity index (χ3n) is 2.60. The van der Waals surface area contributed by atoms with Gasteiger partial charge in [0.25, 0.3) is 0 Å². The first-order valence-corrected chi connectivity index (χ1v) is 7.70. The van der Waals surface area contributed by atoms with E-state index < -0.39 is 24.9 Å². The Morgan fingerprint density at radius 1 is 1.25 bits per heavy atom. The van der Waals surface area contributed by atoms with Crippen LogP contribution in [0.2, 0.25) is 0 Å². The maximum atomic E-state index is 12.0. The molecule has 0 saturated carbocycles. The summed E-state index contributed by atoms with van der Waals surface area (Å²) >= 11 is 3.08. The van der Waals surface area contributed by atoms with Gasteiger partial charge in [0.05, 0.1) is 13.0 Å². The molecule has 2 nitrogen and oxygen atoms in total. The number of thiophene rings is 2. The fourth-order valence-corrected chi connectivity index (χ4v) is 3.08. The van der Waals surface area contributed by atoms with Crippen molar-refractivity contribution in [1.29, 1.82) is 0 Å². The third-order valence-corrected chi connectivity index (χ3v) is 4.22. The van der Waals surface area contributed by atoms with E-state index in [2.05, 4.69) is 5.32 Å². The summed E-state index contributed by atoms with van der Waals surface area (Å²) < 4.78 is 35.9. The first kappa shape index (κ1) is 15.1. The van der Waals surface area contributed by atoms with E-state index in [1.807, 2.05) is 28.3 Å². The van der Waals surface area contributed by atoms with Crippen LogP contribution in [0.5, 0.6) is 0 Å². The van der Waals surface area contributed by atoms with Gasteiger partial charge < -0.3 is 5.32 Å². The van der Waals surface area contributed by atoms with Crippen LogP contribution < -0.4 is 5.32 Å². The Hall–Kier alpha value is -1.34. The smallest absolute Gasteiger partial charge is 0.351 e. The molecule has 0 atom stereocenters. The minimum Gasteiger partial charge on any atom is -0.351 e. The zero-order valence-corrected chi connectivity index (χ0v) is 12.0. The highest BCUT2D eigenvalue weighted by Gasteiger charge is 2.27. The molecule has 0 fully saturated rings. The minimum absolute atomic E-state index is 0.269. The number of rotatable bonds is 5. The maximum Gasteiger partial charge on any atom is 0.389 e. The number of halogens is 3. The lowest BCUT2D eigenvalue weighted by Gasteiger charge is -2.06. The standard InChI is InChI=1S/C13H12F3NOS2/c14-13(15,16)3-1-12(18)17-6-11-5-10(8-20-11)9-2-4-19-7-9/h2,4-5,7-8H,1,3,6H2,(H,17,18). The summed E-state index contributed by atoms with van der Waals surface area (Å²) in [4.78, 5) is 12.2. The van der Waals surface area contributed by atoms with Gasteiger partial charge in [0.1, 0.15) is 0 Å². The molecule has 0 radical (unpaired) electrons. The molecule has 0 bridgehead atoms. The van der Waals surface area contributed by atoms with Gasteiger partial charge in [0.15, 0.2) is 0 Å². The van der Waals surface area contributed by atoms with Gasteiger partial charge in [0.2, 0.25) is 5.91 Å². The maximum absolute atomic E-state index is 12.0. The van der Waals surface area contributed by atoms with E-state index >= 15 is 0 Å². The van der Waals surface area contributed by atoms with Crippen LogP contribution >= 0.6 is 22.7 Å². The Bertz CT molecular complexity index is 560. The minimum atomic E-state index is -4.29. The lowest BCUT2D eigenvalue weighted by molar-refractivity contribution is -0.144. The molecule has 1 N–H and O–H groups in total. The molecular formula is C13H12F3NOS2. The molecule has 0 spiro atoms. The van der Waals surface area contributed by atoms with Crippen molar-refractivity contribution in [2.75, 3.05) is 0 Å². The Morgan fingerprint density at radius 2 is 2.05 bits per heavy atom. The highest BCUT2D eigenvalue weighted by molar-refractivity contribution is 7.10. The number of carbonyl (C=O) groups is 1. The number of carbonyl (C=O) groups excluding carboxylic acids is 1. The van der Waals surface area contributed by atoms with E-state index in [1.165, 1.54) is 11.3 Å². The van der Waals surface area contributed by atoms with Gasteiger partial charge in [-0.2, -0.15) is 24.5 Å². The summed E-state index contributed by atoms with van der Waals surface area (Å²) in [5, 5.41) is 8.48. The Balaban J connectivity index is 1.81. The second kappa shape index (κ2) is 6.41. The van der Waals surface area contributed by atoms with Crippen molar-refractivity contribution in [3.8, 4) is 11.1 Å². The third kappa shape index (κ3) is 4.64.